The maximum Gasteiger partial charge on any atom is 0.330 e. The normalized spacial score (nSPS) is 23.9. The van der Waals surface area contributed by atoms with Crippen molar-refractivity contribution in [3.8, 4) is 0 Å². The Morgan fingerprint density at radius 3 is 2.71 bits per heavy atom. The number of carboxylic acids is 1. The fourth-order valence-electron chi connectivity index (χ4n) is 1.60. The maximum atomic E-state index is 11.6. The molecule has 1 aliphatic rings. The highest BCUT2D eigenvalue weighted by Gasteiger charge is 2.43. The molecule has 0 radical (unpaired) electrons. The van der Waals surface area contributed by atoms with Gasteiger partial charge in [0.25, 0.3) is 0 Å². The predicted octanol–water partition coefficient (Wildman–Crippen LogP) is 0.878. The summed E-state index contributed by atoms with van der Waals surface area (Å²) in [5.74, 6) is 0.0185. The molecule has 1 fully saturated rings. The Morgan fingerprint density at radius 2 is 2.24 bits per heavy atom. The Balaban J connectivity index is 2.40. The van der Waals surface area contributed by atoms with Crippen LogP contribution in [0.25, 0.3) is 0 Å². The zero-order chi connectivity index (χ0) is 12.9. The van der Waals surface area contributed by atoms with Gasteiger partial charge in [-0.05, 0) is 26.0 Å². The summed E-state index contributed by atoms with van der Waals surface area (Å²) in [5, 5.41) is 11.8. The lowest BCUT2D eigenvalue weighted by atomic mass is 9.99. The van der Waals surface area contributed by atoms with E-state index in [1.807, 2.05) is 13.8 Å². The first kappa shape index (κ1) is 14.3. The molecular formula is C11H19NO4S. The largest absolute Gasteiger partial charge is 0.479 e. The van der Waals surface area contributed by atoms with Gasteiger partial charge in [0.15, 0.2) is 0 Å². The van der Waals surface area contributed by atoms with Crippen molar-refractivity contribution < 1.29 is 19.4 Å². The molecule has 1 heterocycles. The van der Waals surface area contributed by atoms with Gasteiger partial charge in [0.2, 0.25) is 5.91 Å². The van der Waals surface area contributed by atoms with Gasteiger partial charge >= 0.3 is 5.97 Å². The molecule has 6 heteroatoms. The number of rotatable bonds is 6. The molecule has 1 unspecified atom stereocenters. The van der Waals surface area contributed by atoms with Crippen LogP contribution in [-0.2, 0) is 14.3 Å². The summed E-state index contributed by atoms with van der Waals surface area (Å²) in [7, 11) is 0. The molecule has 0 aromatic heterocycles. The van der Waals surface area contributed by atoms with Crippen molar-refractivity contribution in [2.24, 2.45) is 0 Å². The Morgan fingerprint density at radius 1 is 1.53 bits per heavy atom. The molecule has 1 atom stereocenters. The van der Waals surface area contributed by atoms with E-state index in [0.717, 1.165) is 5.75 Å². The average Bonchev–Trinajstić information content (AvgIpc) is 2.66. The number of ether oxygens (including phenoxy) is 1. The summed E-state index contributed by atoms with van der Waals surface area (Å²) in [6.45, 7) is 4.11. The lowest BCUT2D eigenvalue weighted by Gasteiger charge is -2.24. The monoisotopic (exact) mass is 261 g/mol. The third-order valence-electron chi connectivity index (χ3n) is 2.59. The lowest BCUT2D eigenvalue weighted by molar-refractivity contribution is -0.146. The van der Waals surface area contributed by atoms with Crippen molar-refractivity contribution in [3.05, 3.63) is 0 Å². The summed E-state index contributed by atoms with van der Waals surface area (Å²) >= 11 is 1.55. The van der Waals surface area contributed by atoms with Gasteiger partial charge in [0.1, 0.15) is 5.54 Å². The van der Waals surface area contributed by atoms with Gasteiger partial charge in [-0.25, -0.2) is 4.79 Å². The van der Waals surface area contributed by atoms with Crippen LogP contribution < -0.4 is 5.32 Å². The van der Waals surface area contributed by atoms with Crippen LogP contribution >= 0.6 is 11.8 Å². The van der Waals surface area contributed by atoms with E-state index in [4.69, 9.17) is 9.84 Å². The summed E-state index contributed by atoms with van der Waals surface area (Å²) < 4.78 is 5.26. The molecule has 0 aromatic rings. The Labute approximate surface area is 105 Å². The topological polar surface area (TPSA) is 75.6 Å². The number of carbonyl (C=O) groups is 2. The van der Waals surface area contributed by atoms with Crippen molar-refractivity contribution in [1.29, 1.82) is 0 Å². The second-order valence-corrected chi connectivity index (χ2v) is 5.51. The molecule has 0 aromatic carbocycles. The zero-order valence-corrected chi connectivity index (χ0v) is 11.0. The molecule has 0 aliphatic carbocycles. The predicted molar refractivity (Wildman–Crippen MR) is 66.2 cm³/mol. The second-order valence-electron chi connectivity index (χ2n) is 4.41. The fraction of sp³-hybridized carbons (Fsp3) is 0.818. The number of hydrogen-bond donors (Lipinski definition) is 2. The van der Waals surface area contributed by atoms with Gasteiger partial charge in [-0.1, -0.05) is 0 Å². The van der Waals surface area contributed by atoms with Crippen LogP contribution in [0, 0.1) is 0 Å². The minimum absolute atomic E-state index is 0.0817. The standard InChI is InChI=1S/C11H19NO4S/c1-8(2)16-5-3-9(13)12-11(10(14)15)4-6-17-7-11/h8H,3-7H2,1-2H3,(H,12,13)(H,14,15). The van der Waals surface area contributed by atoms with Crippen LogP contribution in [0.3, 0.4) is 0 Å². The van der Waals surface area contributed by atoms with Gasteiger partial charge in [-0.3, -0.25) is 4.79 Å². The summed E-state index contributed by atoms with van der Waals surface area (Å²) in [6, 6.07) is 0. The molecule has 0 spiro atoms. The highest BCUT2D eigenvalue weighted by atomic mass is 32.2. The molecule has 0 saturated carbocycles. The zero-order valence-electron chi connectivity index (χ0n) is 10.2. The first-order chi connectivity index (χ1) is 7.96. The minimum Gasteiger partial charge on any atom is -0.479 e. The number of carboxylic acid groups (broad SMARTS) is 1. The molecule has 0 bridgehead atoms. The van der Waals surface area contributed by atoms with Gasteiger partial charge in [-0.2, -0.15) is 11.8 Å². The lowest BCUT2D eigenvalue weighted by Crippen LogP contribution is -2.54. The number of aliphatic carboxylic acids is 1. The summed E-state index contributed by atoms with van der Waals surface area (Å²) in [4.78, 5) is 22.8. The van der Waals surface area contributed by atoms with Gasteiger partial charge in [0.05, 0.1) is 12.7 Å². The fourth-order valence-corrected chi connectivity index (χ4v) is 2.93. The molecule has 98 valence electrons. The summed E-state index contributed by atoms with van der Waals surface area (Å²) in [6.07, 6.45) is 0.778. The third-order valence-corrected chi connectivity index (χ3v) is 3.78. The van der Waals surface area contributed by atoms with Crippen LogP contribution in [0.5, 0.6) is 0 Å². The van der Waals surface area contributed by atoms with Crippen LogP contribution in [0.1, 0.15) is 26.7 Å². The smallest absolute Gasteiger partial charge is 0.330 e. The molecule has 2 N–H and O–H groups in total. The first-order valence-corrected chi connectivity index (χ1v) is 6.85. The van der Waals surface area contributed by atoms with Crippen LogP contribution in [-0.4, -0.2) is 46.7 Å². The van der Waals surface area contributed by atoms with E-state index in [0.29, 0.717) is 18.8 Å². The van der Waals surface area contributed by atoms with E-state index in [9.17, 15) is 9.59 Å². The first-order valence-electron chi connectivity index (χ1n) is 5.70. The number of carbonyl (C=O) groups excluding carboxylic acids is 1. The van der Waals surface area contributed by atoms with Crippen molar-refractivity contribution in [2.75, 3.05) is 18.1 Å². The van der Waals surface area contributed by atoms with Gasteiger partial charge in [0, 0.05) is 12.2 Å². The highest BCUT2D eigenvalue weighted by molar-refractivity contribution is 7.99. The van der Waals surface area contributed by atoms with E-state index in [1.54, 1.807) is 11.8 Å². The van der Waals surface area contributed by atoms with Crippen LogP contribution in [0.2, 0.25) is 0 Å². The van der Waals surface area contributed by atoms with Crippen LogP contribution in [0.15, 0.2) is 0 Å². The number of hydrogen-bond acceptors (Lipinski definition) is 4. The number of thioether (sulfide) groups is 1. The second kappa shape index (κ2) is 6.26. The Hall–Kier alpha value is -0.750. The van der Waals surface area contributed by atoms with E-state index >= 15 is 0 Å². The van der Waals surface area contributed by atoms with Crippen LogP contribution in [0.4, 0.5) is 0 Å². The highest BCUT2D eigenvalue weighted by Crippen LogP contribution is 2.28. The van der Waals surface area contributed by atoms with E-state index in [1.165, 1.54) is 0 Å². The molecule has 5 nitrogen and oxygen atoms in total. The Bertz CT molecular complexity index is 287. The molecule has 1 aliphatic heterocycles. The molecule has 17 heavy (non-hydrogen) atoms. The van der Waals surface area contributed by atoms with Crippen molar-refractivity contribution in [1.82, 2.24) is 5.32 Å². The van der Waals surface area contributed by atoms with Gasteiger partial charge in [-0.15, -0.1) is 0 Å². The molecule has 1 saturated heterocycles. The SMILES string of the molecule is CC(C)OCCC(=O)NC1(C(=O)O)CCSC1. The molecule has 1 amide bonds. The van der Waals surface area contributed by atoms with E-state index in [-0.39, 0.29) is 18.4 Å². The summed E-state index contributed by atoms with van der Waals surface area (Å²) in [5.41, 5.74) is -1.07. The third kappa shape index (κ3) is 4.20. The van der Waals surface area contributed by atoms with E-state index in [2.05, 4.69) is 5.32 Å². The number of nitrogens with one attached hydrogen (secondary N) is 1. The quantitative estimate of drug-likeness (QED) is 0.742. The maximum absolute atomic E-state index is 11.6. The molecule has 1 rings (SSSR count). The molecular weight excluding hydrogens is 242 g/mol. The minimum atomic E-state index is -1.07. The van der Waals surface area contributed by atoms with Crippen molar-refractivity contribution >= 4 is 23.6 Å². The average molecular weight is 261 g/mol. The number of amides is 1. The van der Waals surface area contributed by atoms with Gasteiger partial charge < -0.3 is 15.2 Å². The van der Waals surface area contributed by atoms with Crippen molar-refractivity contribution in [3.63, 3.8) is 0 Å². The van der Waals surface area contributed by atoms with Crippen molar-refractivity contribution in [2.45, 2.75) is 38.3 Å². The Kier molecular flexibility index (Phi) is 5.27. The van der Waals surface area contributed by atoms with E-state index < -0.39 is 11.5 Å².